The number of aliphatic hydroxyl groups excluding tert-OH is 1. The van der Waals surface area contributed by atoms with Crippen LogP contribution in [-0.2, 0) is 0 Å². The van der Waals surface area contributed by atoms with Crippen molar-refractivity contribution in [3.05, 3.63) is 66.2 Å². The van der Waals surface area contributed by atoms with E-state index in [1.54, 1.807) is 0 Å². The van der Waals surface area contributed by atoms with Crippen molar-refractivity contribution in [1.82, 2.24) is 0 Å². The summed E-state index contributed by atoms with van der Waals surface area (Å²) in [7, 11) is 2.05. The molecule has 0 aromatic heterocycles. The molecule has 0 aliphatic heterocycles. The minimum Gasteiger partial charge on any atom is -0.388 e. The van der Waals surface area contributed by atoms with Crippen molar-refractivity contribution in [1.29, 1.82) is 0 Å². The van der Waals surface area contributed by atoms with Crippen LogP contribution in [0.4, 0.5) is 5.69 Å². The number of benzene rings is 2. The number of hydrogen-bond donors (Lipinski definition) is 1. The van der Waals surface area contributed by atoms with Gasteiger partial charge in [0.2, 0.25) is 0 Å². The van der Waals surface area contributed by atoms with Crippen molar-refractivity contribution in [2.45, 2.75) is 12.5 Å². The summed E-state index contributed by atoms with van der Waals surface area (Å²) in [5.41, 5.74) is 2.16. The van der Waals surface area contributed by atoms with Gasteiger partial charge >= 0.3 is 0 Å². The maximum atomic E-state index is 10.1. The fraction of sp³-hybridized carbons (Fsp3) is 0.250. The van der Waals surface area contributed by atoms with Crippen LogP contribution in [0.1, 0.15) is 18.1 Å². The summed E-state index contributed by atoms with van der Waals surface area (Å²) in [4.78, 5) is 2.16. The Labute approximate surface area is 109 Å². The lowest BCUT2D eigenvalue weighted by molar-refractivity contribution is 0.170. The predicted octanol–water partition coefficient (Wildman–Crippen LogP) is 3.25. The maximum absolute atomic E-state index is 10.1. The van der Waals surface area contributed by atoms with Gasteiger partial charge in [-0.2, -0.15) is 0 Å². The van der Waals surface area contributed by atoms with Gasteiger partial charge in [-0.05, 0) is 24.1 Å². The highest BCUT2D eigenvalue weighted by Gasteiger charge is 2.08. The van der Waals surface area contributed by atoms with E-state index >= 15 is 0 Å². The first-order chi connectivity index (χ1) is 8.77. The molecule has 18 heavy (non-hydrogen) atoms. The monoisotopic (exact) mass is 241 g/mol. The Bertz CT molecular complexity index is 410. The van der Waals surface area contributed by atoms with Gasteiger partial charge in [0.1, 0.15) is 0 Å². The smallest absolute Gasteiger partial charge is 0.0806 e. The lowest BCUT2D eigenvalue weighted by atomic mass is 10.1. The highest BCUT2D eigenvalue weighted by Crippen LogP contribution is 2.18. The molecule has 0 amide bonds. The number of anilines is 1. The molecule has 0 aliphatic carbocycles. The van der Waals surface area contributed by atoms with Gasteiger partial charge in [0.15, 0.2) is 0 Å². The highest BCUT2D eigenvalue weighted by molar-refractivity contribution is 5.44. The van der Waals surface area contributed by atoms with Gasteiger partial charge in [-0.25, -0.2) is 0 Å². The molecule has 0 bridgehead atoms. The van der Waals surface area contributed by atoms with Crippen molar-refractivity contribution >= 4 is 5.69 Å². The van der Waals surface area contributed by atoms with Crippen molar-refractivity contribution in [2.75, 3.05) is 18.5 Å². The lowest BCUT2D eigenvalue weighted by Gasteiger charge is -2.21. The van der Waals surface area contributed by atoms with Crippen molar-refractivity contribution in [3.8, 4) is 0 Å². The highest BCUT2D eigenvalue weighted by atomic mass is 16.3. The molecule has 0 heterocycles. The van der Waals surface area contributed by atoms with E-state index in [2.05, 4.69) is 17.0 Å². The van der Waals surface area contributed by atoms with Crippen LogP contribution in [0.3, 0.4) is 0 Å². The zero-order valence-corrected chi connectivity index (χ0v) is 10.7. The van der Waals surface area contributed by atoms with Gasteiger partial charge in [-0.15, -0.1) is 0 Å². The first-order valence-electron chi connectivity index (χ1n) is 6.26. The molecule has 2 aromatic rings. The molecule has 0 saturated heterocycles. The van der Waals surface area contributed by atoms with Crippen LogP contribution in [0, 0.1) is 0 Å². The summed E-state index contributed by atoms with van der Waals surface area (Å²) in [5, 5.41) is 10.1. The van der Waals surface area contributed by atoms with E-state index in [0.29, 0.717) is 0 Å². The number of rotatable bonds is 5. The summed E-state index contributed by atoms with van der Waals surface area (Å²) in [5.74, 6) is 0. The number of para-hydroxylation sites is 1. The minimum absolute atomic E-state index is 0.391. The molecule has 1 atom stereocenters. The maximum Gasteiger partial charge on any atom is 0.0806 e. The summed E-state index contributed by atoms with van der Waals surface area (Å²) >= 11 is 0. The van der Waals surface area contributed by atoms with E-state index in [1.807, 2.05) is 55.6 Å². The molecule has 2 aromatic carbocycles. The van der Waals surface area contributed by atoms with Crippen LogP contribution in [0.2, 0.25) is 0 Å². The van der Waals surface area contributed by atoms with Gasteiger partial charge in [0.05, 0.1) is 6.10 Å². The van der Waals surface area contributed by atoms with Crippen LogP contribution < -0.4 is 4.90 Å². The molecule has 0 aliphatic rings. The summed E-state index contributed by atoms with van der Waals surface area (Å²) in [6, 6.07) is 20.0. The minimum atomic E-state index is -0.391. The molecular weight excluding hydrogens is 222 g/mol. The fourth-order valence-corrected chi connectivity index (χ4v) is 1.97. The molecule has 1 unspecified atom stereocenters. The first-order valence-corrected chi connectivity index (χ1v) is 6.26. The third-order valence-electron chi connectivity index (χ3n) is 3.12. The van der Waals surface area contributed by atoms with E-state index < -0.39 is 6.10 Å². The average Bonchev–Trinajstić information content (AvgIpc) is 2.46. The second kappa shape index (κ2) is 6.22. The molecule has 2 nitrogen and oxygen atoms in total. The number of aliphatic hydroxyl groups is 1. The predicted molar refractivity (Wildman–Crippen MR) is 75.7 cm³/mol. The lowest BCUT2D eigenvalue weighted by Crippen LogP contribution is -2.20. The SMILES string of the molecule is CN(CCC(O)c1ccccc1)c1ccccc1. The topological polar surface area (TPSA) is 23.5 Å². The average molecular weight is 241 g/mol. The second-order valence-electron chi connectivity index (χ2n) is 4.47. The molecule has 2 rings (SSSR count). The Kier molecular flexibility index (Phi) is 4.37. The Morgan fingerprint density at radius 1 is 0.944 bits per heavy atom. The van der Waals surface area contributed by atoms with Crippen LogP contribution in [0.25, 0.3) is 0 Å². The molecule has 2 heteroatoms. The fourth-order valence-electron chi connectivity index (χ4n) is 1.97. The third-order valence-corrected chi connectivity index (χ3v) is 3.12. The number of nitrogens with zero attached hydrogens (tertiary/aromatic N) is 1. The first kappa shape index (κ1) is 12.7. The number of hydrogen-bond acceptors (Lipinski definition) is 2. The van der Waals surface area contributed by atoms with E-state index in [4.69, 9.17) is 0 Å². The molecule has 0 radical (unpaired) electrons. The molecule has 94 valence electrons. The molecular formula is C16H19NO. The Hall–Kier alpha value is -1.80. The summed E-state index contributed by atoms with van der Waals surface area (Å²) in [6.07, 6.45) is 0.340. The zero-order chi connectivity index (χ0) is 12.8. The van der Waals surface area contributed by atoms with E-state index in [-0.39, 0.29) is 0 Å². The van der Waals surface area contributed by atoms with Gasteiger partial charge < -0.3 is 10.0 Å². The molecule has 0 spiro atoms. The standard InChI is InChI=1S/C16H19NO/c1-17(15-10-6-3-7-11-15)13-12-16(18)14-8-4-2-5-9-14/h2-11,16,18H,12-13H2,1H3. The van der Waals surface area contributed by atoms with E-state index in [1.165, 1.54) is 5.69 Å². The molecule has 1 N–H and O–H groups in total. The van der Waals surface area contributed by atoms with E-state index in [9.17, 15) is 5.11 Å². The van der Waals surface area contributed by atoms with Gasteiger partial charge in [0, 0.05) is 19.3 Å². The van der Waals surface area contributed by atoms with Crippen molar-refractivity contribution in [2.24, 2.45) is 0 Å². The van der Waals surface area contributed by atoms with Crippen LogP contribution in [-0.4, -0.2) is 18.7 Å². The van der Waals surface area contributed by atoms with Crippen LogP contribution in [0.15, 0.2) is 60.7 Å². The van der Waals surface area contributed by atoms with Gasteiger partial charge in [-0.3, -0.25) is 0 Å². The van der Waals surface area contributed by atoms with Crippen LogP contribution >= 0.6 is 0 Å². The largest absolute Gasteiger partial charge is 0.388 e. The van der Waals surface area contributed by atoms with E-state index in [0.717, 1.165) is 18.5 Å². The van der Waals surface area contributed by atoms with Crippen molar-refractivity contribution < 1.29 is 5.11 Å². The molecule has 0 saturated carbocycles. The normalized spacial score (nSPS) is 12.1. The Balaban J connectivity index is 1.89. The summed E-state index contributed by atoms with van der Waals surface area (Å²) < 4.78 is 0. The second-order valence-corrected chi connectivity index (χ2v) is 4.47. The Morgan fingerprint density at radius 2 is 1.50 bits per heavy atom. The molecule has 0 fully saturated rings. The quantitative estimate of drug-likeness (QED) is 0.868. The van der Waals surface area contributed by atoms with Gasteiger partial charge in [0.25, 0.3) is 0 Å². The Morgan fingerprint density at radius 3 is 2.11 bits per heavy atom. The zero-order valence-electron chi connectivity index (χ0n) is 10.7. The van der Waals surface area contributed by atoms with Crippen LogP contribution in [0.5, 0.6) is 0 Å². The van der Waals surface area contributed by atoms with Gasteiger partial charge in [-0.1, -0.05) is 48.5 Å². The van der Waals surface area contributed by atoms with Crippen molar-refractivity contribution in [3.63, 3.8) is 0 Å². The third kappa shape index (κ3) is 3.34. The summed E-state index contributed by atoms with van der Waals surface area (Å²) in [6.45, 7) is 0.833.